The molecule has 0 aliphatic carbocycles. The molecule has 0 N–H and O–H groups in total. The molecule has 0 amide bonds. The molecular weight excluding hydrogens is 661 g/mol. The lowest BCUT2D eigenvalue weighted by Crippen LogP contribution is -2.09. The average Bonchev–Trinajstić information content (AvgIpc) is 3.77. The minimum atomic E-state index is 1.12. The lowest BCUT2D eigenvalue weighted by Gasteiger charge is -2.26. The van der Waals surface area contributed by atoms with E-state index in [4.69, 9.17) is 0 Å². The second kappa shape index (κ2) is 11.9. The Kier molecular flexibility index (Phi) is 6.76. The first kappa shape index (κ1) is 30.0. The number of benzene rings is 9. The summed E-state index contributed by atoms with van der Waals surface area (Å²) in [5.74, 6) is 0. The van der Waals surface area contributed by atoms with Gasteiger partial charge in [0, 0.05) is 53.7 Å². The molecule has 248 valence electrons. The highest BCUT2D eigenvalue weighted by Crippen LogP contribution is 2.43. The molecule has 53 heavy (non-hydrogen) atoms. The summed E-state index contributed by atoms with van der Waals surface area (Å²) in [6.45, 7) is 0. The quantitative estimate of drug-likeness (QED) is 0.163. The zero-order valence-electron chi connectivity index (χ0n) is 28.8. The van der Waals surface area contributed by atoms with E-state index in [9.17, 15) is 0 Å². The number of thiophene rings is 1. The molecule has 2 heterocycles. The van der Waals surface area contributed by atoms with E-state index in [0.717, 1.165) is 17.1 Å². The van der Waals surface area contributed by atoms with E-state index < -0.39 is 0 Å². The molecule has 0 saturated heterocycles. The highest BCUT2D eigenvalue weighted by molar-refractivity contribution is 7.25. The Balaban J connectivity index is 1.09. The lowest BCUT2D eigenvalue weighted by atomic mass is 9.98. The molecule has 11 rings (SSSR count). The second-order valence-corrected chi connectivity index (χ2v) is 14.8. The highest BCUT2D eigenvalue weighted by atomic mass is 32.1. The fourth-order valence-corrected chi connectivity index (χ4v) is 9.47. The molecule has 0 bridgehead atoms. The number of rotatable bonds is 5. The van der Waals surface area contributed by atoms with Gasteiger partial charge in [-0.05, 0) is 99.4 Å². The van der Waals surface area contributed by atoms with Crippen LogP contribution >= 0.6 is 11.3 Å². The highest BCUT2D eigenvalue weighted by Gasteiger charge is 2.19. The van der Waals surface area contributed by atoms with Crippen LogP contribution in [0.25, 0.3) is 80.3 Å². The smallest absolute Gasteiger partial charge is 0.0547 e. The molecule has 0 aliphatic heterocycles. The molecule has 2 nitrogen and oxygen atoms in total. The summed E-state index contributed by atoms with van der Waals surface area (Å²) >= 11 is 1.86. The molecule has 3 heteroatoms. The van der Waals surface area contributed by atoms with Gasteiger partial charge in [-0.2, -0.15) is 0 Å². The third-order valence-electron chi connectivity index (χ3n) is 10.8. The van der Waals surface area contributed by atoms with Gasteiger partial charge in [-0.3, -0.25) is 0 Å². The molecule has 0 fully saturated rings. The van der Waals surface area contributed by atoms with Crippen molar-refractivity contribution in [3.63, 3.8) is 0 Å². The minimum Gasteiger partial charge on any atom is -0.310 e. The Morgan fingerprint density at radius 2 is 1.00 bits per heavy atom. The zero-order chi connectivity index (χ0) is 34.9. The number of anilines is 3. The van der Waals surface area contributed by atoms with E-state index in [2.05, 4.69) is 204 Å². The van der Waals surface area contributed by atoms with Gasteiger partial charge in [0.15, 0.2) is 0 Å². The Morgan fingerprint density at radius 1 is 0.377 bits per heavy atom. The van der Waals surface area contributed by atoms with Crippen molar-refractivity contribution in [1.82, 2.24) is 4.57 Å². The van der Waals surface area contributed by atoms with Crippen molar-refractivity contribution in [2.45, 2.75) is 0 Å². The van der Waals surface area contributed by atoms with Gasteiger partial charge in [0.2, 0.25) is 0 Å². The number of nitrogens with zero attached hydrogens (tertiary/aromatic N) is 2. The third kappa shape index (κ3) is 4.78. The molecule has 9 aromatic carbocycles. The van der Waals surface area contributed by atoms with Crippen molar-refractivity contribution >= 4 is 91.9 Å². The molecule has 0 atom stereocenters. The van der Waals surface area contributed by atoms with Crippen LogP contribution in [0.1, 0.15) is 0 Å². The summed E-state index contributed by atoms with van der Waals surface area (Å²) < 4.78 is 4.99. The fourth-order valence-electron chi connectivity index (χ4n) is 8.34. The average molecular weight is 693 g/mol. The molecule has 0 saturated carbocycles. The summed E-state index contributed by atoms with van der Waals surface area (Å²) in [5, 5.41) is 10.2. The minimum absolute atomic E-state index is 1.12. The van der Waals surface area contributed by atoms with E-state index >= 15 is 0 Å². The van der Waals surface area contributed by atoms with E-state index in [1.807, 2.05) is 11.3 Å². The van der Waals surface area contributed by atoms with Crippen LogP contribution in [0, 0.1) is 0 Å². The van der Waals surface area contributed by atoms with Crippen molar-refractivity contribution in [3.8, 4) is 16.8 Å². The number of hydrogen-bond donors (Lipinski definition) is 0. The summed E-state index contributed by atoms with van der Waals surface area (Å²) in [6.07, 6.45) is 0. The van der Waals surface area contributed by atoms with Crippen molar-refractivity contribution < 1.29 is 0 Å². The Bertz CT molecular complexity index is 3170. The van der Waals surface area contributed by atoms with Gasteiger partial charge in [0.25, 0.3) is 0 Å². The Hall–Kier alpha value is -6.68. The first-order valence-electron chi connectivity index (χ1n) is 18.1. The third-order valence-corrected chi connectivity index (χ3v) is 11.9. The molecule has 0 spiro atoms. The van der Waals surface area contributed by atoms with Crippen LogP contribution in [-0.4, -0.2) is 4.57 Å². The summed E-state index contributed by atoms with van der Waals surface area (Å²) in [5.41, 5.74) is 9.41. The van der Waals surface area contributed by atoms with Gasteiger partial charge in [0.1, 0.15) is 0 Å². The van der Waals surface area contributed by atoms with Gasteiger partial charge in [0.05, 0.1) is 11.0 Å². The van der Waals surface area contributed by atoms with Gasteiger partial charge in [-0.1, -0.05) is 127 Å². The first-order valence-corrected chi connectivity index (χ1v) is 18.9. The largest absolute Gasteiger partial charge is 0.310 e. The topological polar surface area (TPSA) is 8.17 Å². The van der Waals surface area contributed by atoms with Crippen molar-refractivity contribution in [2.24, 2.45) is 0 Å². The Labute approximate surface area is 311 Å². The van der Waals surface area contributed by atoms with Gasteiger partial charge >= 0.3 is 0 Å². The van der Waals surface area contributed by atoms with Crippen LogP contribution in [-0.2, 0) is 0 Å². The number of fused-ring (bicyclic) bond motifs is 9. The molecular formula is C50H32N2S. The van der Waals surface area contributed by atoms with Crippen LogP contribution < -0.4 is 4.90 Å². The predicted octanol–water partition coefficient (Wildman–Crippen LogP) is 14.6. The maximum Gasteiger partial charge on any atom is 0.0547 e. The van der Waals surface area contributed by atoms with E-state index in [1.165, 1.54) is 80.3 Å². The number of hydrogen-bond acceptors (Lipinski definition) is 2. The van der Waals surface area contributed by atoms with Crippen molar-refractivity contribution in [2.75, 3.05) is 4.90 Å². The SMILES string of the molecule is c1ccc(-n2c3ccccc3c3c(-c4ccc(N(c5ccc6c(c5)sc5ccccc56)c5ccc6ccc7ccccc7c6c5)cc4)cccc32)cc1. The van der Waals surface area contributed by atoms with E-state index in [0.29, 0.717) is 0 Å². The molecule has 0 radical (unpaired) electrons. The molecule has 0 unspecified atom stereocenters. The van der Waals surface area contributed by atoms with Crippen LogP contribution in [0.4, 0.5) is 17.1 Å². The fraction of sp³-hybridized carbons (Fsp3) is 0. The van der Waals surface area contributed by atoms with Crippen LogP contribution in [0.15, 0.2) is 194 Å². The van der Waals surface area contributed by atoms with E-state index in [-0.39, 0.29) is 0 Å². The van der Waals surface area contributed by atoms with Crippen molar-refractivity contribution in [1.29, 1.82) is 0 Å². The maximum atomic E-state index is 2.41. The Morgan fingerprint density at radius 3 is 1.87 bits per heavy atom. The molecule has 2 aromatic heterocycles. The first-order chi connectivity index (χ1) is 26.3. The van der Waals surface area contributed by atoms with Gasteiger partial charge in [-0.15, -0.1) is 11.3 Å². The van der Waals surface area contributed by atoms with E-state index in [1.54, 1.807) is 0 Å². The number of aromatic nitrogens is 1. The number of para-hydroxylation sites is 2. The monoisotopic (exact) mass is 692 g/mol. The summed E-state index contributed by atoms with van der Waals surface area (Å²) in [7, 11) is 0. The second-order valence-electron chi connectivity index (χ2n) is 13.7. The molecule has 0 aliphatic rings. The van der Waals surface area contributed by atoms with Crippen LogP contribution in [0.5, 0.6) is 0 Å². The van der Waals surface area contributed by atoms with Gasteiger partial charge in [-0.25, -0.2) is 0 Å². The van der Waals surface area contributed by atoms with Crippen LogP contribution in [0.2, 0.25) is 0 Å². The predicted molar refractivity (Wildman–Crippen MR) is 229 cm³/mol. The lowest BCUT2D eigenvalue weighted by molar-refractivity contribution is 1.18. The summed E-state index contributed by atoms with van der Waals surface area (Å²) in [4.78, 5) is 2.41. The van der Waals surface area contributed by atoms with Crippen molar-refractivity contribution in [3.05, 3.63) is 194 Å². The van der Waals surface area contributed by atoms with Crippen LogP contribution in [0.3, 0.4) is 0 Å². The van der Waals surface area contributed by atoms with Gasteiger partial charge < -0.3 is 9.47 Å². The normalized spacial score (nSPS) is 11.8. The molecule has 11 aromatic rings. The standard InChI is InChI=1S/C50H32N2S/c1-2-12-36(13-3-1)52-46-18-8-6-16-44(46)50-41(17-10-19-47(50)52)34-23-26-37(27-24-34)51(39-29-30-43-42-15-7-9-20-48(42)53-49(43)32-39)38-28-25-35-22-21-33-11-4-5-14-40(33)45(35)31-38/h1-32H. The summed E-state index contributed by atoms with van der Waals surface area (Å²) in [6, 6.07) is 71.0. The zero-order valence-corrected chi connectivity index (χ0v) is 29.6. The maximum absolute atomic E-state index is 2.41.